The fourth-order valence-corrected chi connectivity index (χ4v) is 3.52. The molecule has 0 radical (unpaired) electrons. The molecule has 2 aromatic rings. The number of hydrogen-bond donors (Lipinski definition) is 1. The summed E-state index contributed by atoms with van der Waals surface area (Å²) >= 11 is 0. The molecule has 26 heavy (non-hydrogen) atoms. The lowest BCUT2D eigenvalue weighted by Crippen LogP contribution is -2.17. The molecule has 1 aliphatic rings. The topological polar surface area (TPSA) is 55.4 Å². The van der Waals surface area contributed by atoms with Crippen LogP contribution in [0, 0.1) is 5.92 Å². The molecule has 0 bridgehead atoms. The molecular formula is C22H25NO3. The molecule has 0 aromatic heterocycles. The van der Waals surface area contributed by atoms with Gasteiger partial charge in [-0.2, -0.15) is 0 Å². The normalized spacial score (nSPS) is 14.7. The van der Waals surface area contributed by atoms with Crippen molar-refractivity contribution in [2.24, 2.45) is 5.92 Å². The molecule has 2 aromatic carbocycles. The Labute approximate surface area is 154 Å². The Morgan fingerprint density at radius 3 is 2.42 bits per heavy atom. The zero-order valence-corrected chi connectivity index (χ0v) is 15.2. The third-order valence-electron chi connectivity index (χ3n) is 4.93. The Hall–Kier alpha value is -2.62. The molecule has 1 fully saturated rings. The van der Waals surface area contributed by atoms with Crippen LogP contribution in [0.1, 0.15) is 48.9 Å². The summed E-state index contributed by atoms with van der Waals surface area (Å²) in [6.07, 6.45) is 6.46. The molecule has 0 unspecified atom stereocenters. The van der Waals surface area contributed by atoms with E-state index in [1.165, 1.54) is 19.3 Å². The van der Waals surface area contributed by atoms with Gasteiger partial charge in [-0.15, -0.1) is 0 Å². The number of carbonyl (C=O) groups excluding carboxylic acids is 2. The lowest BCUT2D eigenvalue weighted by molar-refractivity contribution is -0.135. The van der Waals surface area contributed by atoms with Gasteiger partial charge in [-0.25, -0.2) is 0 Å². The number of hydrogen-bond acceptors (Lipinski definition) is 3. The number of esters is 1. The molecule has 0 heterocycles. The van der Waals surface area contributed by atoms with Crippen molar-refractivity contribution in [3.05, 3.63) is 54.1 Å². The van der Waals surface area contributed by atoms with Crippen LogP contribution in [0.5, 0.6) is 5.75 Å². The number of nitrogens with one attached hydrogen (secondary N) is 1. The van der Waals surface area contributed by atoms with Crippen molar-refractivity contribution in [2.75, 3.05) is 7.05 Å². The average Bonchev–Trinajstić information content (AvgIpc) is 2.68. The fourth-order valence-electron chi connectivity index (χ4n) is 3.52. The number of rotatable bonds is 5. The molecule has 0 spiro atoms. The minimum atomic E-state index is -0.159. The van der Waals surface area contributed by atoms with Crippen molar-refractivity contribution >= 4 is 11.9 Å². The predicted molar refractivity (Wildman–Crippen MR) is 102 cm³/mol. The summed E-state index contributed by atoms with van der Waals surface area (Å²) in [5, 5.41) is 2.63. The molecule has 1 amide bonds. The van der Waals surface area contributed by atoms with E-state index in [1.54, 1.807) is 19.2 Å². The summed E-state index contributed by atoms with van der Waals surface area (Å²) in [6, 6.07) is 14.9. The Morgan fingerprint density at radius 1 is 1.00 bits per heavy atom. The van der Waals surface area contributed by atoms with Crippen LogP contribution in [0.3, 0.4) is 0 Å². The van der Waals surface area contributed by atoms with Crippen molar-refractivity contribution in [1.82, 2.24) is 5.32 Å². The summed E-state index contributed by atoms with van der Waals surface area (Å²) in [5.41, 5.74) is 2.43. The molecule has 1 aliphatic carbocycles. The van der Waals surface area contributed by atoms with Crippen LogP contribution >= 0.6 is 0 Å². The van der Waals surface area contributed by atoms with Gasteiger partial charge in [-0.05, 0) is 54.2 Å². The largest absolute Gasteiger partial charge is 0.426 e. The first-order chi connectivity index (χ1) is 12.7. The van der Waals surface area contributed by atoms with Crippen molar-refractivity contribution in [3.8, 4) is 16.9 Å². The van der Waals surface area contributed by atoms with Crippen LogP contribution in [-0.2, 0) is 4.79 Å². The van der Waals surface area contributed by atoms with Crippen LogP contribution in [0.2, 0.25) is 0 Å². The smallest absolute Gasteiger partial charge is 0.311 e. The summed E-state index contributed by atoms with van der Waals surface area (Å²) in [5.74, 6) is 0.729. The van der Waals surface area contributed by atoms with Crippen LogP contribution in [0.25, 0.3) is 11.1 Å². The average molecular weight is 351 g/mol. The molecule has 0 atom stereocenters. The Morgan fingerprint density at radius 2 is 1.69 bits per heavy atom. The maximum absolute atomic E-state index is 12.2. The molecule has 136 valence electrons. The molecule has 4 nitrogen and oxygen atoms in total. The van der Waals surface area contributed by atoms with E-state index in [4.69, 9.17) is 4.74 Å². The fraction of sp³-hybridized carbons (Fsp3) is 0.364. The predicted octanol–water partition coefficient (Wildman–Crippen LogP) is 4.59. The van der Waals surface area contributed by atoms with E-state index in [-0.39, 0.29) is 11.9 Å². The van der Waals surface area contributed by atoms with Gasteiger partial charge in [-0.3, -0.25) is 9.59 Å². The van der Waals surface area contributed by atoms with Crippen molar-refractivity contribution in [1.29, 1.82) is 0 Å². The first-order valence-electron chi connectivity index (χ1n) is 9.29. The first-order valence-corrected chi connectivity index (χ1v) is 9.29. The number of carbonyl (C=O) groups is 2. The molecular weight excluding hydrogens is 326 g/mol. The van der Waals surface area contributed by atoms with Crippen LogP contribution in [0.4, 0.5) is 0 Å². The van der Waals surface area contributed by atoms with E-state index in [0.29, 0.717) is 23.7 Å². The maximum atomic E-state index is 12.2. The lowest BCUT2D eigenvalue weighted by atomic mass is 9.87. The van der Waals surface area contributed by atoms with Gasteiger partial charge in [0.15, 0.2) is 0 Å². The van der Waals surface area contributed by atoms with E-state index in [9.17, 15) is 9.59 Å². The number of ether oxygens (including phenoxy) is 1. The van der Waals surface area contributed by atoms with Gasteiger partial charge in [-0.1, -0.05) is 43.5 Å². The Kier molecular flexibility index (Phi) is 6.05. The minimum absolute atomic E-state index is 0.123. The quantitative estimate of drug-likeness (QED) is 0.633. The molecule has 1 N–H and O–H groups in total. The van der Waals surface area contributed by atoms with E-state index < -0.39 is 0 Å². The van der Waals surface area contributed by atoms with Crippen LogP contribution < -0.4 is 10.1 Å². The SMILES string of the molecule is CNC(=O)c1cccc(-c2cccc(OC(=O)CC3CCCCC3)c2)c1. The third-order valence-corrected chi connectivity index (χ3v) is 4.93. The maximum Gasteiger partial charge on any atom is 0.311 e. The Balaban J connectivity index is 1.70. The monoisotopic (exact) mass is 351 g/mol. The zero-order chi connectivity index (χ0) is 18.4. The summed E-state index contributed by atoms with van der Waals surface area (Å²) in [4.78, 5) is 24.1. The van der Waals surface area contributed by atoms with Gasteiger partial charge >= 0.3 is 5.97 Å². The number of benzene rings is 2. The second kappa shape index (κ2) is 8.65. The molecule has 3 rings (SSSR count). The second-order valence-corrected chi connectivity index (χ2v) is 6.87. The van der Waals surface area contributed by atoms with Gasteiger partial charge in [0.25, 0.3) is 5.91 Å². The van der Waals surface area contributed by atoms with Crippen LogP contribution in [0.15, 0.2) is 48.5 Å². The third kappa shape index (κ3) is 4.72. The minimum Gasteiger partial charge on any atom is -0.426 e. The van der Waals surface area contributed by atoms with E-state index >= 15 is 0 Å². The lowest BCUT2D eigenvalue weighted by Gasteiger charge is -2.20. The van der Waals surface area contributed by atoms with Gasteiger partial charge in [0.1, 0.15) is 5.75 Å². The summed E-state index contributed by atoms with van der Waals surface area (Å²) < 4.78 is 5.56. The molecule has 0 aliphatic heterocycles. The van der Waals surface area contributed by atoms with E-state index in [2.05, 4.69) is 5.32 Å². The van der Waals surface area contributed by atoms with Crippen molar-refractivity contribution < 1.29 is 14.3 Å². The van der Waals surface area contributed by atoms with Gasteiger partial charge in [0.2, 0.25) is 0 Å². The summed E-state index contributed by atoms with van der Waals surface area (Å²) in [6.45, 7) is 0. The van der Waals surface area contributed by atoms with Gasteiger partial charge in [0, 0.05) is 19.0 Å². The number of amides is 1. The van der Waals surface area contributed by atoms with Gasteiger partial charge < -0.3 is 10.1 Å². The van der Waals surface area contributed by atoms with Crippen molar-refractivity contribution in [3.63, 3.8) is 0 Å². The second-order valence-electron chi connectivity index (χ2n) is 6.87. The van der Waals surface area contributed by atoms with E-state index in [1.807, 2.05) is 36.4 Å². The van der Waals surface area contributed by atoms with Crippen molar-refractivity contribution in [2.45, 2.75) is 38.5 Å². The highest BCUT2D eigenvalue weighted by molar-refractivity contribution is 5.95. The molecule has 4 heteroatoms. The van der Waals surface area contributed by atoms with Crippen LogP contribution in [-0.4, -0.2) is 18.9 Å². The highest BCUT2D eigenvalue weighted by Gasteiger charge is 2.18. The summed E-state index contributed by atoms with van der Waals surface area (Å²) in [7, 11) is 1.61. The van der Waals surface area contributed by atoms with Gasteiger partial charge in [0.05, 0.1) is 0 Å². The molecule has 1 saturated carbocycles. The highest BCUT2D eigenvalue weighted by atomic mass is 16.5. The highest BCUT2D eigenvalue weighted by Crippen LogP contribution is 2.28. The molecule has 0 saturated heterocycles. The Bertz CT molecular complexity index is 778. The zero-order valence-electron chi connectivity index (χ0n) is 15.2. The van der Waals surface area contributed by atoms with E-state index in [0.717, 1.165) is 24.0 Å². The first kappa shape index (κ1) is 18.2. The standard InChI is InChI=1S/C22H25NO3/c1-23-22(25)19-11-5-9-17(14-19)18-10-6-12-20(15-18)26-21(24)13-16-7-3-2-4-8-16/h5-6,9-12,14-16H,2-4,7-8,13H2,1H3,(H,23,25).